The number of carbonyl (C=O) groups excluding carboxylic acids is 2. The molecule has 0 fully saturated rings. The second-order valence-corrected chi connectivity index (χ2v) is 9.07. The van der Waals surface area contributed by atoms with Crippen LogP contribution in [0.2, 0.25) is 0 Å². The Morgan fingerprint density at radius 1 is 1.03 bits per heavy atom. The fraction of sp³-hybridized carbons (Fsp3) is 0.481. The number of hydrogen-bond acceptors (Lipinski definition) is 3. The van der Waals surface area contributed by atoms with Crippen LogP contribution in [0.5, 0.6) is 5.75 Å². The Morgan fingerprint density at radius 3 is 2.38 bits per heavy atom. The van der Waals surface area contributed by atoms with E-state index in [4.69, 9.17) is 4.74 Å². The van der Waals surface area contributed by atoms with Crippen molar-refractivity contribution in [3.63, 3.8) is 0 Å². The van der Waals surface area contributed by atoms with E-state index in [2.05, 4.69) is 25.2 Å². The summed E-state index contributed by atoms with van der Waals surface area (Å²) in [5, 5.41) is 2.99. The summed E-state index contributed by atoms with van der Waals surface area (Å²) in [5.74, 6) is 0.735. The third kappa shape index (κ3) is 7.11. The summed E-state index contributed by atoms with van der Waals surface area (Å²) in [4.78, 5) is 28.0. The van der Waals surface area contributed by atoms with Crippen LogP contribution in [0.1, 0.15) is 55.0 Å². The van der Waals surface area contributed by atoms with Gasteiger partial charge in [0.05, 0.1) is 0 Å². The van der Waals surface area contributed by atoms with Crippen LogP contribution in [0.3, 0.4) is 0 Å². The zero-order valence-electron chi connectivity index (χ0n) is 20.6. The van der Waals surface area contributed by atoms with Gasteiger partial charge in [-0.25, -0.2) is 0 Å². The number of hydrogen-bond donors (Lipinski definition) is 1. The van der Waals surface area contributed by atoms with Gasteiger partial charge in [-0.1, -0.05) is 56.7 Å². The average Bonchev–Trinajstić information content (AvgIpc) is 2.73. The van der Waals surface area contributed by atoms with Gasteiger partial charge in [-0.3, -0.25) is 9.59 Å². The van der Waals surface area contributed by atoms with Crippen molar-refractivity contribution < 1.29 is 14.3 Å². The molecule has 5 nitrogen and oxygen atoms in total. The lowest BCUT2D eigenvalue weighted by atomic mass is 10.1. The van der Waals surface area contributed by atoms with Gasteiger partial charge < -0.3 is 15.0 Å². The molecule has 2 aromatic carbocycles. The van der Waals surface area contributed by atoms with Crippen molar-refractivity contribution in [2.45, 2.75) is 67.5 Å². The summed E-state index contributed by atoms with van der Waals surface area (Å²) in [5.41, 5.74) is 5.36. The van der Waals surface area contributed by atoms with E-state index in [-0.39, 0.29) is 18.4 Å². The normalized spacial score (nSPS) is 11.9. The zero-order chi connectivity index (χ0) is 23.8. The lowest BCUT2D eigenvalue weighted by molar-refractivity contribution is -0.143. The highest BCUT2D eigenvalue weighted by molar-refractivity contribution is 5.88. The summed E-state index contributed by atoms with van der Waals surface area (Å²) < 4.78 is 5.95. The number of nitrogens with zero attached hydrogens (tertiary/aromatic N) is 1. The molecule has 0 heterocycles. The van der Waals surface area contributed by atoms with E-state index in [9.17, 15) is 9.59 Å². The van der Waals surface area contributed by atoms with Crippen LogP contribution in [0, 0.1) is 33.6 Å². The first-order valence-electron chi connectivity index (χ1n) is 11.5. The lowest BCUT2D eigenvalue weighted by Gasteiger charge is -2.31. The number of amides is 2. The minimum atomic E-state index is -0.550. The fourth-order valence-corrected chi connectivity index (χ4v) is 3.72. The summed E-state index contributed by atoms with van der Waals surface area (Å²) in [6.45, 7) is 14.9. The molecular weight excluding hydrogens is 400 g/mol. The highest BCUT2D eigenvalue weighted by Crippen LogP contribution is 2.23. The van der Waals surface area contributed by atoms with Crippen LogP contribution in [0.15, 0.2) is 36.4 Å². The molecule has 0 aliphatic heterocycles. The van der Waals surface area contributed by atoms with Crippen molar-refractivity contribution in [2.24, 2.45) is 5.92 Å². The molecule has 0 aromatic heterocycles. The maximum atomic E-state index is 13.4. The molecule has 0 bridgehead atoms. The molecule has 32 heavy (non-hydrogen) atoms. The van der Waals surface area contributed by atoms with Gasteiger partial charge in [0, 0.05) is 13.1 Å². The van der Waals surface area contributed by atoms with Crippen LogP contribution >= 0.6 is 0 Å². The Bertz CT molecular complexity index is 936. The second kappa shape index (κ2) is 11.7. The van der Waals surface area contributed by atoms with Crippen LogP contribution in [0.4, 0.5) is 0 Å². The molecular formula is C27H38N2O3. The van der Waals surface area contributed by atoms with Gasteiger partial charge in [-0.15, -0.1) is 0 Å². The molecule has 2 amide bonds. The molecule has 1 atom stereocenters. The van der Waals surface area contributed by atoms with Crippen molar-refractivity contribution in [3.05, 3.63) is 64.2 Å². The van der Waals surface area contributed by atoms with Crippen molar-refractivity contribution in [1.82, 2.24) is 10.2 Å². The van der Waals surface area contributed by atoms with Gasteiger partial charge in [0.2, 0.25) is 5.91 Å². The minimum Gasteiger partial charge on any atom is -0.483 e. The second-order valence-electron chi connectivity index (χ2n) is 9.07. The summed E-state index contributed by atoms with van der Waals surface area (Å²) >= 11 is 0. The molecule has 2 rings (SSSR count). The van der Waals surface area contributed by atoms with E-state index in [1.54, 1.807) is 4.90 Å². The summed E-state index contributed by atoms with van der Waals surface area (Å²) in [7, 11) is 0. The van der Waals surface area contributed by atoms with Crippen molar-refractivity contribution in [3.8, 4) is 5.75 Å². The molecule has 0 spiro atoms. The van der Waals surface area contributed by atoms with E-state index < -0.39 is 6.04 Å². The first-order valence-corrected chi connectivity index (χ1v) is 11.5. The third-order valence-corrected chi connectivity index (χ3v) is 5.62. The number of nitrogens with one attached hydrogen (secondary N) is 1. The molecule has 0 radical (unpaired) electrons. The minimum absolute atomic E-state index is 0.108. The number of carbonyl (C=O) groups is 2. The highest BCUT2D eigenvalue weighted by atomic mass is 16.5. The maximum absolute atomic E-state index is 13.4. The lowest BCUT2D eigenvalue weighted by Crippen LogP contribution is -2.50. The quantitative estimate of drug-likeness (QED) is 0.575. The molecule has 0 unspecified atom stereocenters. The van der Waals surface area contributed by atoms with Crippen molar-refractivity contribution in [2.75, 3.05) is 13.2 Å². The molecule has 174 valence electrons. The van der Waals surface area contributed by atoms with E-state index in [0.29, 0.717) is 31.2 Å². The summed E-state index contributed by atoms with van der Waals surface area (Å²) in [6, 6.07) is 11.5. The molecule has 0 saturated carbocycles. The monoisotopic (exact) mass is 438 g/mol. The first-order chi connectivity index (χ1) is 15.1. The number of ether oxygens (including phenoxy) is 1. The Balaban J connectivity index is 2.25. The molecule has 0 aliphatic carbocycles. The number of rotatable bonds is 10. The van der Waals surface area contributed by atoms with Gasteiger partial charge >= 0.3 is 0 Å². The average molecular weight is 439 g/mol. The Kier molecular flexibility index (Phi) is 9.30. The standard InChI is InChI=1S/C27H38N2O3/c1-8-24(27(31)28-15-18(2)3)29(16-23-11-9-10-19(4)13-23)26(30)17-32-25-14-20(5)12-21(6)22(25)7/h9-14,18,24H,8,15-17H2,1-7H3,(H,28,31)/t24-/m1/s1. The fourth-order valence-electron chi connectivity index (χ4n) is 3.72. The van der Waals surface area contributed by atoms with E-state index in [0.717, 1.165) is 27.8 Å². The van der Waals surface area contributed by atoms with Gasteiger partial charge in [-0.05, 0) is 68.4 Å². The predicted octanol–water partition coefficient (Wildman–Crippen LogP) is 4.88. The van der Waals surface area contributed by atoms with Crippen LogP contribution in [-0.2, 0) is 16.1 Å². The topological polar surface area (TPSA) is 58.6 Å². The molecule has 5 heteroatoms. The molecule has 0 saturated heterocycles. The molecule has 0 aliphatic rings. The van der Waals surface area contributed by atoms with E-state index in [1.165, 1.54) is 0 Å². The predicted molar refractivity (Wildman–Crippen MR) is 130 cm³/mol. The largest absolute Gasteiger partial charge is 0.483 e. The van der Waals surface area contributed by atoms with E-state index in [1.807, 2.05) is 65.0 Å². The molecule has 1 N–H and O–H groups in total. The smallest absolute Gasteiger partial charge is 0.261 e. The van der Waals surface area contributed by atoms with Crippen LogP contribution in [0.25, 0.3) is 0 Å². The van der Waals surface area contributed by atoms with Crippen LogP contribution in [-0.4, -0.2) is 35.9 Å². The SMILES string of the molecule is CC[C@H](C(=O)NCC(C)C)N(Cc1cccc(C)c1)C(=O)COc1cc(C)cc(C)c1C. The molecule has 2 aromatic rings. The van der Waals surface area contributed by atoms with E-state index >= 15 is 0 Å². The number of aryl methyl sites for hydroxylation is 3. The van der Waals surface area contributed by atoms with Gasteiger partial charge in [-0.2, -0.15) is 0 Å². The third-order valence-electron chi connectivity index (χ3n) is 5.62. The highest BCUT2D eigenvalue weighted by Gasteiger charge is 2.29. The summed E-state index contributed by atoms with van der Waals surface area (Å²) in [6.07, 6.45) is 0.532. The van der Waals surface area contributed by atoms with Gasteiger partial charge in [0.1, 0.15) is 11.8 Å². The van der Waals surface area contributed by atoms with Gasteiger partial charge in [0.25, 0.3) is 5.91 Å². The Morgan fingerprint density at radius 2 is 1.75 bits per heavy atom. The van der Waals surface area contributed by atoms with Gasteiger partial charge in [0.15, 0.2) is 6.61 Å². The Hall–Kier alpha value is -2.82. The number of benzene rings is 2. The first kappa shape index (κ1) is 25.4. The zero-order valence-corrected chi connectivity index (χ0v) is 20.6. The maximum Gasteiger partial charge on any atom is 0.261 e. The Labute approximate surface area is 193 Å². The van der Waals surface area contributed by atoms with Crippen LogP contribution < -0.4 is 10.1 Å². The van der Waals surface area contributed by atoms with Crippen molar-refractivity contribution >= 4 is 11.8 Å². The van der Waals surface area contributed by atoms with Crippen molar-refractivity contribution in [1.29, 1.82) is 0 Å².